The average molecular weight is 426 g/mol. The lowest BCUT2D eigenvalue weighted by Gasteiger charge is -2.34. The maximum atomic E-state index is 12.8. The van der Waals surface area contributed by atoms with E-state index in [9.17, 15) is 9.59 Å². The highest BCUT2D eigenvalue weighted by Gasteiger charge is 2.31. The van der Waals surface area contributed by atoms with Crippen LogP contribution in [0.2, 0.25) is 0 Å². The zero-order chi connectivity index (χ0) is 20.4. The lowest BCUT2D eigenvalue weighted by Crippen LogP contribution is -2.40. The van der Waals surface area contributed by atoms with E-state index in [1.807, 2.05) is 6.07 Å². The number of anilines is 1. The summed E-state index contributed by atoms with van der Waals surface area (Å²) in [5.74, 6) is -0.153. The highest BCUT2D eigenvalue weighted by molar-refractivity contribution is 7.10. The van der Waals surface area contributed by atoms with Gasteiger partial charge in [-0.05, 0) is 53.1 Å². The fourth-order valence-corrected chi connectivity index (χ4v) is 5.47. The van der Waals surface area contributed by atoms with Crippen LogP contribution in [0.5, 0.6) is 0 Å². The molecule has 150 valence electrons. The molecule has 0 spiro atoms. The molecule has 2 aromatic heterocycles. The highest BCUT2D eigenvalue weighted by atomic mass is 32.1. The van der Waals surface area contributed by atoms with Crippen molar-refractivity contribution in [3.8, 4) is 0 Å². The molecule has 1 aromatic carbocycles. The van der Waals surface area contributed by atoms with Crippen LogP contribution in [0.4, 0.5) is 5.69 Å². The van der Waals surface area contributed by atoms with E-state index in [-0.39, 0.29) is 17.9 Å². The molecule has 2 amide bonds. The van der Waals surface area contributed by atoms with Crippen molar-refractivity contribution in [2.24, 2.45) is 0 Å². The van der Waals surface area contributed by atoms with E-state index in [1.165, 1.54) is 20.2 Å². The molecule has 3 aromatic rings. The summed E-state index contributed by atoms with van der Waals surface area (Å²) in [5.41, 5.74) is 2.52. The Morgan fingerprint density at radius 1 is 1.14 bits per heavy atom. The second-order valence-corrected chi connectivity index (χ2v) is 9.25. The van der Waals surface area contributed by atoms with Gasteiger partial charge in [0.2, 0.25) is 5.91 Å². The molecular weight excluding hydrogens is 402 g/mol. The number of hydrogen-bond donors (Lipinski definition) is 1. The van der Waals surface area contributed by atoms with Gasteiger partial charge in [-0.1, -0.05) is 12.1 Å². The van der Waals surface area contributed by atoms with Crippen molar-refractivity contribution in [1.29, 1.82) is 0 Å². The second-order valence-electron chi connectivity index (χ2n) is 7.27. The molecule has 0 bridgehead atoms. The van der Waals surface area contributed by atoms with Gasteiger partial charge in [-0.25, -0.2) is 0 Å². The maximum absolute atomic E-state index is 12.8. The number of fused-ring (bicyclic) bond motifs is 1. The van der Waals surface area contributed by atoms with Crippen LogP contribution in [-0.2, 0) is 11.2 Å². The molecule has 0 radical (unpaired) electrons. The van der Waals surface area contributed by atoms with Gasteiger partial charge in [0.05, 0.1) is 12.6 Å². The van der Waals surface area contributed by atoms with E-state index in [0.717, 1.165) is 13.0 Å². The van der Waals surface area contributed by atoms with E-state index >= 15 is 0 Å². The van der Waals surface area contributed by atoms with Crippen LogP contribution < -0.4 is 5.32 Å². The maximum Gasteiger partial charge on any atom is 0.253 e. The summed E-state index contributed by atoms with van der Waals surface area (Å²) in [6.45, 7) is 1.16. The van der Waals surface area contributed by atoms with Crippen molar-refractivity contribution in [3.05, 3.63) is 74.1 Å². The van der Waals surface area contributed by atoms with Crippen molar-refractivity contribution in [3.63, 3.8) is 0 Å². The molecule has 7 heteroatoms. The fourth-order valence-electron chi connectivity index (χ4n) is 3.69. The number of nitrogens with zero attached hydrogens (tertiary/aromatic N) is 2. The predicted octanol–water partition coefficient (Wildman–Crippen LogP) is 4.10. The van der Waals surface area contributed by atoms with Crippen molar-refractivity contribution in [2.45, 2.75) is 12.5 Å². The Bertz CT molecular complexity index is 1010. The number of thiophene rings is 2. The highest BCUT2D eigenvalue weighted by Crippen LogP contribution is 2.39. The monoisotopic (exact) mass is 425 g/mol. The predicted molar refractivity (Wildman–Crippen MR) is 119 cm³/mol. The summed E-state index contributed by atoms with van der Waals surface area (Å²) in [6.07, 6.45) is 0.967. The largest absolute Gasteiger partial charge is 0.345 e. The SMILES string of the molecule is CN(C)C(=O)c1cccc(NC(=O)CN2CCc3sccc3C2c2cccs2)c1. The topological polar surface area (TPSA) is 52.7 Å². The van der Waals surface area contributed by atoms with Gasteiger partial charge in [0.25, 0.3) is 5.91 Å². The smallest absolute Gasteiger partial charge is 0.253 e. The van der Waals surface area contributed by atoms with E-state index in [0.29, 0.717) is 17.8 Å². The van der Waals surface area contributed by atoms with Gasteiger partial charge in [0, 0.05) is 41.6 Å². The first-order chi connectivity index (χ1) is 14.0. The third-order valence-corrected chi connectivity index (χ3v) is 6.95. The van der Waals surface area contributed by atoms with Gasteiger partial charge < -0.3 is 10.2 Å². The molecule has 0 saturated heterocycles. The van der Waals surface area contributed by atoms with Crippen LogP contribution in [0, 0.1) is 0 Å². The number of nitrogens with one attached hydrogen (secondary N) is 1. The molecule has 29 heavy (non-hydrogen) atoms. The normalized spacial score (nSPS) is 16.3. The van der Waals surface area contributed by atoms with Gasteiger partial charge in [-0.15, -0.1) is 22.7 Å². The van der Waals surface area contributed by atoms with Gasteiger partial charge in [0.1, 0.15) is 0 Å². The van der Waals surface area contributed by atoms with Crippen LogP contribution >= 0.6 is 22.7 Å². The fraction of sp³-hybridized carbons (Fsp3) is 0.273. The first-order valence-electron chi connectivity index (χ1n) is 9.48. The molecule has 4 rings (SSSR count). The van der Waals surface area contributed by atoms with Crippen molar-refractivity contribution < 1.29 is 9.59 Å². The minimum atomic E-state index is -0.0834. The molecule has 1 N–H and O–H groups in total. The minimum absolute atomic E-state index is 0.0697. The zero-order valence-electron chi connectivity index (χ0n) is 16.4. The molecule has 5 nitrogen and oxygen atoms in total. The first kappa shape index (κ1) is 19.8. The van der Waals surface area contributed by atoms with E-state index < -0.39 is 0 Å². The third-order valence-electron chi connectivity index (χ3n) is 5.02. The molecule has 0 saturated carbocycles. The lowest BCUT2D eigenvalue weighted by atomic mass is 9.98. The molecule has 1 unspecified atom stereocenters. The minimum Gasteiger partial charge on any atom is -0.345 e. The first-order valence-corrected chi connectivity index (χ1v) is 11.2. The van der Waals surface area contributed by atoms with Crippen LogP contribution in [0.25, 0.3) is 0 Å². The van der Waals surface area contributed by atoms with Crippen molar-refractivity contribution in [1.82, 2.24) is 9.80 Å². The van der Waals surface area contributed by atoms with Crippen LogP contribution in [0.3, 0.4) is 0 Å². The summed E-state index contributed by atoms with van der Waals surface area (Å²) in [4.78, 5) is 31.4. The molecule has 1 aliphatic heterocycles. The van der Waals surface area contributed by atoms with E-state index in [2.05, 4.69) is 39.2 Å². The molecule has 0 aliphatic carbocycles. The Kier molecular flexibility index (Phi) is 5.80. The van der Waals surface area contributed by atoms with Crippen LogP contribution in [0.1, 0.15) is 31.7 Å². The number of amides is 2. The lowest BCUT2D eigenvalue weighted by molar-refractivity contribution is -0.117. The summed E-state index contributed by atoms with van der Waals surface area (Å²) in [7, 11) is 3.43. The van der Waals surface area contributed by atoms with Crippen LogP contribution in [0.15, 0.2) is 53.2 Å². The van der Waals surface area contributed by atoms with E-state index in [4.69, 9.17) is 0 Å². The number of carbonyl (C=O) groups excluding carboxylic acids is 2. The molecule has 1 aliphatic rings. The number of carbonyl (C=O) groups is 2. The molecule has 0 fully saturated rings. The Morgan fingerprint density at radius 2 is 2.00 bits per heavy atom. The Hall–Kier alpha value is -2.48. The van der Waals surface area contributed by atoms with Crippen molar-refractivity contribution >= 4 is 40.2 Å². The Balaban J connectivity index is 1.50. The number of benzene rings is 1. The Labute approximate surface area is 178 Å². The number of rotatable bonds is 5. The van der Waals surface area contributed by atoms with Gasteiger partial charge in [-0.2, -0.15) is 0 Å². The average Bonchev–Trinajstić information content (AvgIpc) is 3.39. The van der Waals surface area contributed by atoms with Crippen molar-refractivity contribution in [2.75, 3.05) is 32.5 Å². The second kappa shape index (κ2) is 8.49. The summed E-state index contributed by atoms with van der Waals surface area (Å²) in [5, 5.41) is 7.19. The Morgan fingerprint density at radius 3 is 2.76 bits per heavy atom. The van der Waals surface area contributed by atoms with Gasteiger partial charge in [-0.3, -0.25) is 14.5 Å². The van der Waals surface area contributed by atoms with Gasteiger partial charge >= 0.3 is 0 Å². The molecule has 1 atom stereocenters. The van der Waals surface area contributed by atoms with Crippen LogP contribution in [-0.4, -0.2) is 48.8 Å². The summed E-state index contributed by atoms with van der Waals surface area (Å²) < 4.78 is 0. The summed E-state index contributed by atoms with van der Waals surface area (Å²) in [6, 6.07) is 13.6. The molecular formula is C22H23N3O2S2. The number of hydrogen-bond acceptors (Lipinski definition) is 5. The zero-order valence-corrected chi connectivity index (χ0v) is 18.1. The van der Waals surface area contributed by atoms with Gasteiger partial charge in [0.15, 0.2) is 0 Å². The standard InChI is InChI=1S/C22H23N3O2S2/c1-24(2)22(27)15-5-3-6-16(13-15)23-20(26)14-25-10-8-18-17(9-12-29-18)21(25)19-7-4-11-28-19/h3-7,9,11-13,21H,8,10,14H2,1-2H3,(H,23,26). The third kappa shape index (κ3) is 4.27. The quantitative estimate of drug-likeness (QED) is 0.670. The molecule has 3 heterocycles. The van der Waals surface area contributed by atoms with E-state index in [1.54, 1.807) is 55.0 Å². The summed E-state index contributed by atoms with van der Waals surface area (Å²) >= 11 is 3.53.